The molecule has 3 nitrogen and oxygen atoms in total. The lowest BCUT2D eigenvalue weighted by atomic mass is 10.0. The van der Waals surface area contributed by atoms with Crippen LogP contribution in [0.4, 0.5) is 11.4 Å². The van der Waals surface area contributed by atoms with Gasteiger partial charge in [0.25, 0.3) is 0 Å². The summed E-state index contributed by atoms with van der Waals surface area (Å²) in [5.41, 5.74) is 10.7. The minimum atomic E-state index is 0.0154. The van der Waals surface area contributed by atoms with E-state index in [9.17, 15) is 4.79 Å². The van der Waals surface area contributed by atoms with Crippen LogP contribution < -0.4 is 11.1 Å². The van der Waals surface area contributed by atoms with Gasteiger partial charge in [-0.1, -0.05) is 44.2 Å². The quantitative estimate of drug-likeness (QED) is 0.809. The summed E-state index contributed by atoms with van der Waals surface area (Å²) in [6, 6.07) is 14.0. The Morgan fingerprint density at radius 3 is 2.45 bits per heavy atom. The van der Waals surface area contributed by atoms with Gasteiger partial charge < -0.3 is 11.1 Å². The van der Waals surface area contributed by atoms with E-state index in [4.69, 9.17) is 5.73 Å². The third kappa shape index (κ3) is 4.35. The summed E-state index contributed by atoms with van der Waals surface area (Å²) in [5.74, 6) is 0.547. The number of rotatable bonds is 5. The van der Waals surface area contributed by atoms with Gasteiger partial charge in [-0.2, -0.15) is 0 Å². The molecule has 116 valence electrons. The molecule has 0 saturated carbocycles. The number of carbonyl (C=O) groups is 1. The van der Waals surface area contributed by atoms with E-state index < -0.39 is 0 Å². The van der Waals surface area contributed by atoms with Crippen molar-refractivity contribution in [2.75, 3.05) is 11.1 Å². The van der Waals surface area contributed by atoms with Gasteiger partial charge in [0, 0.05) is 17.8 Å². The Hall–Kier alpha value is -2.29. The normalized spacial score (nSPS) is 10.7. The van der Waals surface area contributed by atoms with E-state index in [0.717, 1.165) is 17.7 Å². The molecule has 0 bridgehead atoms. The Balaban J connectivity index is 1.91. The molecule has 0 aliphatic carbocycles. The van der Waals surface area contributed by atoms with Crippen molar-refractivity contribution < 1.29 is 4.79 Å². The van der Waals surface area contributed by atoms with Gasteiger partial charge in [-0.15, -0.1) is 0 Å². The molecular weight excluding hydrogens is 272 g/mol. The van der Waals surface area contributed by atoms with Crippen LogP contribution in [0, 0.1) is 6.92 Å². The largest absolute Gasteiger partial charge is 0.399 e. The Morgan fingerprint density at radius 1 is 1.14 bits per heavy atom. The minimum absolute atomic E-state index is 0.0154. The Morgan fingerprint density at radius 2 is 1.82 bits per heavy atom. The SMILES string of the molecule is Cc1ccc(N)cc1NC(=O)CCc1ccc(C(C)C)cc1. The van der Waals surface area contributed by atoms with Crippen molar-refractivity contribution in [2.45, 2.75) is 39.5 Å². The molecule has 2 aromatic carbocycles. The number of aryl methyl sites for hydroxylation is 2. The van der Waals surface area contributed by atoms with Gasteiger partial charge in [-0.3, -0.25) is 4.79 Å². The van der Waals surface area contributed by atoms with Crippen LogP contribution in [-0.2, 0) is 11.2 Å². The first-order valence-electron chi connectivity index (χ1n) is 7.70. The van der Waals surface area contributed by atoms with E-state index >= 15 is 0 Å². The van der Waals surface area contributed by atoms with Crippen LogP contribution in [0.3, 0.4) is 0 Å². The van der Waals surface area contributed by atoms with E-state index in [1.807, 2.05) is 19.1 Å². The lowest BCUT2D eigenvalue weighted by molar-refractivity contribution is -0.116. The second kappa shape index (κ2) is 7.12. The topological polar surface area (TPSA) is 55.1 Å². The molecular formula is C19H24N2O. The molecule has 0 radical (unpaired) electrons. The lowest BCUT2D eigenvalue weighted by Crippen LogP contribution is -2.13. The number of hydrogen-bond donors (Lipinski definition) is 2. The van der Waals surface area contributed by atoms with Crippen LogP contribution in [0.5, 0.6) is 0 Å². The molecule has 0 saturated heterocycles. The summed E-state index contributed by atoms with van der Waals surface area (Å²) in [6.45, 7) is 6.31. The Labute approximate surface area is 132 Å². The van der Waals surface area contributed by atoms with Crippen molar-refractivity contribution in [1.82, 2.24) is 0 Å². The zero-order chi connectivity index (χ0) is 16.1. The summed E-state index contributed by atoms with van der Waals surface area (Å²) < 4.78 is 0. The molecule has 0 aliphatic heterocycles. The molecule has 0 atom stereocenters. The molecule has 3 heteroatoms. The molecule has 0 fully saturated rings. The Kier molecular flexibility index (Phi) is 5.21. The summed E-state index contributed by atoms with van der Waals surface area (Å²) >= 11 is 0. The lowest BCUT2D eigenvalue weighted by Gasteiger charge is -2.10. The van der Waals surface area contributed by atoms with E-state index in [1.54, 1.807) is 6.07 Å². The first-order valence-corrected chi connectivity index (χ1v) is 7.70. The molecule has 0 aliphatic rings. The number of benzene rings is 2. The molecule has 0 aromatic heterocycles. The van der Waals surface area contributed by atoms with Crippen molar-refractivity contribution in [3.63, 3.8) is 0 Å². The van der Waals surface area contributed by atoms with Crippen molar-refractivity contribution in [3.05, 3.63) is 59.2 Å². The highest BCUT2D eigenvalue weighted by Crippen LogP contribution is 2.19. The van der Waals surface area contributed by atoms with E-state index in [-0.39, 0.29) is 5.91 Å². The van der Waals surface area contributed by atoms with Crippen LogP contribution in [0.2, 0.25) is 0 Å². The summed E-state index contributed by atoms with van der Waals surface area (Å²) in [5, 5.41) is 2.93. The van der Waals surface area contributed by atoms with E-state index in [1.165, 1.54) is 11.1 Å². The van der Waals surface area contributed by atoms with Crippen LogP contribution in [0.15, 0.2) is 42.5 Å². The summed E-state index contributed by atoms with van der Waals surface area (Å²) in [4.78, 5) is 12.1. The number of nitrogen functional groups attached to an aromatic ring is 1. The Bertz CT molecular complexity index is 645. The predicted molar refractivity (Wildman–Crippen MR) is 93.1 cm³/mol. The zero-order valence-electron chi connectivity index (χ0n) is 13.5. The van der Waals surface area contributed by atoms with Gasteiger partial charge >= 0.3 is 0 Å². The van der Waals surface area contributed by atoms with Gasteiger partial charge in [-0.25, -0.2) is 0 Å². The molecule has 1 amide bonds. The smallest absolute Gasteiger partial charge is 0.224 e. The molecule has 0 heterocycles. The second-order valence-corrected chi connectivity index (χ2v) is 6.02. The molecule has 22 heavy (non-hydrogen) atoms. The maximum Gasteiger partial charge on any atom is 0.224 e. The third-order valence-corrected chi connectivity index (χ3v) is 3.82. The predicted octanol–water partition coefficient (Wildman–Crippen LogP) is 4.27. The summed E-state index contributed by atoms with van der Waals surface area (Å²) in [6.07, 6.45) is 1.21. The van der Waals surface area contributed by atoms with Gasteiger partial charge in [0.15, 0.2) is 0 Å². The number of nitrogens with two attached hydrogens (primary N) is 1. The fourth-order valence-electron chi connectivity index (χ4n) is 2.31. The number of carbonyl (C=O) groups excluding carboxylic acids is 1. The van der Waals surface area contributed by atoms with Crippen molar-refractivity contribution in [2.24, 2.45) is 0 Å². The van der Waals surface area contributed by atoms with Gasteiger partial charge in [0.2, 0.25) is 5.91 Å². The fourth-order valence-corrected chi connectivity index (χ4v) is 2.31. The van der Waals surface area contributed by atoms with Gasteiger partial charge in [-0.05, 0) is 48.1 Å². The minimum Gasteiger partial charge on any atom is -0.399 e. The first-order chi connectivity index (χ1) is 10.5. The van der Waals surface area contributed by atoms with Crippen LogP contribution in [0.1, 0.15) is 42.9 Å². The maximum absolute atomic E-state index is 12.1. The highest BCUT2D eigenvalue weighted by molar-refractivity contribution is 5.92. The van der Waals surface area contributed by atoms with Gasteiger partial charge in [0.1, 0.15) is 0 Å². The standard InChI is InChI=1S/C19H24N2O/c1-13(2)16-8-5-15(6-9-16)7-11-19(22)21-18-12-17(20)10-4-14(18)3/h4-6,8-10,12-13H,7,11,20H2,1-3H3,(H,21,22). The molecule has 0 unspecified atom stereocenters. The molecule has 2 rings (SSSR count). The summed E-state index contributed by atoms with van der Waals surface area (Å²) in [7, 11) is 0. The highest BCUT2D eigenvalue weighted by atomic mass is 16.1. The van der Waals surface area contributed by atoms with Crippen molar-refractivity contribution >= 4 is 17.3 Å². The second-order valence-electron chi connectivity index (χ2n) is 6.02. The van der Waals surface area contributed by atoms with Crippen LogP contribution in [-0.4, -0.2) is 5.91 Å². The highest BCUT2D eigenvalue weighted by Gasteiger charge is 2.06. The van der Waals surface area contributed by atoms with Crippen molar-refractivity contribution in [3.8, 4) is 0 Å². The first kappa shape index (κ1) is 16.1. The van der Waals surface area contributed by atoms with Gasteiger partial charge in [0.05, 0.1) is 0 Å². The number of amides is 1. The average molecular weight is 296 g/mol. The fraction of sp³-hybridized carbons (Fsp3) is 0.316. The zero-order valence-corrected chi connectivity index (χ0v) is 13.5. The van der Waals surface area contributed by atoms with Crippen LogP contribution in [0.25, 0.3) is 0 Å². The number of anilines is 2. The molecule has 3 N–H and O–H groups in total. The van der Waals surface area contributed by atoms with E-state index in [0.29, 0.717) is 18.0 Å². The maximum atomic E-state index is 12.1. The monoisotopic (exact) mass is 296 g/mol. The van der Waals surface area contributed by atoms with Crippen LogP contribution >= 0.6 is 0 Å². The molecule has 2 aromatic rings. The van der Waals surface area contributed by atoms with Crippen molar-refractivity contribution in [1.29, 1.82) is 0 Å². The number of nitrogens with one attached hydrogen (secondary N) is 1. The van der Waals surface area contributed by atoms with E-state index in [2.05, 4.69) is 43.4 Å². The average Bonchev–Trinajstić information content (AvgIpc) is 2.49. The molecule has 0 spiro atoms. The third-order valence-electron chi connectivity index (χ3n) is 3.82. The number of hydrogen-bond acceptors (Lipinski definition) is 2.